The van der Waals surface area contributed by atoms with E-state index in [9.17, 15) is 4.79 Å². The molecule has 0 amide bonds. The van der Waals surface area contributed by atoms with Crippen molar-refractivity contribution in [2.24, 2.45) is 5.41 Å². The average Bonchev–Trinajstić information content (AvgIpc) is 2.45. The van der Waals surface area contributed by atoms with Gasteiger partial charge in [0.15, 0.2) is 0 Å². The van der Waals surface area contributed by atoms with Gasteiger partial charge in [-0.2, -0.15) is 0 Å². The fraction of sp³-hybridized carbons (Fsp3) is 0.500. The number of carbonyl (C=O) groups is 1. The van der Waals surface area contributed by atoms with Crippen LogP contribution in [0.1, 0.15) is 60.8 Å². The van der Waals surface area contributed by atoms with Crippen LogP contribution in [-0.4, -0.2) is 12.6 Å². The summed E-state index contributed by atoms with van der Waals surface area (Å²) in [5.41, 5.74) is 5.60. The first kappa shape index (κ1) is 20.2. The molecular formula is C22H32O2. The fourth-order valence-corrected chi connectivity index (χ4v) is 2.99. The Kier molecular flexibility index (Phi) is 7.97. The van der Waals surface area contributed by atoms with Crippen molar-refractivity contribution in [3.63, 3.8) is 0 Å². The number of hydrogen-bond acceptors (Lipinski definition) is 2. The molecule has 0 saturated carbocycles. The molecule has 0 bridgehead atoms. The zero-order valence-corrected chi connectivity index (χ0v) is 16.1. The van der Waals surface area contributed by atoms with Crippen LogP contribution in [0.5, 0.6) is 0 Å². The van der Waals surface area contributed by atoms with Crippen molar-refractivity contribution < 1.29 is 9.53 Å². The highest BCUT2D eigenvalue weighted by molar-refractivity contribution is 5.66. The maximum absolute atomic E-state index is 10.7. The van der Waals surface area contributed by atoms with Gasteiger partial charge in [0.1, 0.15) is 6.61 Å². The van der Waals surface area contributed by atoms with E-state index in [4.69, 9.17) is 4.74 Å². The van der Waals surface area contributed by atoms with Gasteiger partial charge in [-0.3, -0.25) is 4.79 Å². The molecule has 2 heteroatoms. The molecule has 0 unspecified atom stereocenters. The molecule has 1 aliphatic rings. The second-order valence-electron chi connectivity index (χ2n) is 7.29. The van der Waals surface area contributed by atoms with E-state index in [0.717, 1.165) is 5.57 Å². The van der Waals surface area contributed by atoms with Crippen LogP contribution >= 0.6 is 0 Å². The molecule has 0 aromatic rings. The van der Waals surface area contributed by atoms with Gasteiger partial charge in [0.05, 0.1) is 0 Å². The smallest absolute Gasteiger partial charge is 0.302 e. The lowest BCUT2D eigenvalue weighted by Crippen LogP contribution is -2.19. The fourth-order valence-electron chi connectivity index (χ4n) is 2.99. The molecule has 0 aromatic carbocycles. The highest BCUT2D eigenvalue weighted by atomic mass is 16.5. The maximum Gasteiger partial charge on any atom is 0.302 e. The Labute approximate surface area is 147 Å². The van der Waals surface area contributed by atoms with Gasteiger partial charge in [-0.05, 0) is 57.1 Å². The highest BCUT2D eigenvalue weighted by Crippen LogP contribution is 2.40. The Balaban J connectivity index is 2.67. The van der Waals surface area contributed by atoms with Gasteiger partial charge >= 0.3 is 5.97 Å². The third-order valence-electron chi connectivity index (χ3n) is 4.47. The topological polar surface area (TPSA) is 26.3 Å². The van der Waals surface area contributed by atoms with Gasteiger partial charge in [-0.15, -0.1) is 0 Å². The molecule has 0 saturated heterocycles. The molecule has 0 N–H and O–H groups in total. The number of ether oxygens (including phenoxy) is 1. The molecule has 0 aliphatic heterocycles. The van der Waals surface area contributed by atoms with Crippen LogP contribution in [0.2, 0.25) is 0 Å². The first-order valence-corrected chi connectivity index (χ1v) is 8.76. The van der Waals surface area contributed by atoms with Crippen LogP contribution in [0.25, 0.3) is 0 Å². The molecule has 0 spiro atoms. The van der Waals surface area contributed by atoms with E-state index in [1.165, 1.54) is 42.9 Å². The van der Waals surface area contributed by atoms with Gasteiger partial charge in [-0.25, -0.2) is 0 Å². The van der Waals surface area contributed by atoms with Crippen molar-refractivity contribution in [1.29, 1.82) is 0 Å². The largest absolute Gasteiger partial charge is 0.462 e. The summed E-state index contributed by atoms with van der Waals surface area (Å²) in [6.07, 6.45) is 16.3. The van der Waals surface area contributed by atoms with E-state index < -0.39 is 0 Å². The minimum Gasteiger partial charge on any atom is -0.462 e. The van der Waals surface area contributed by atoms with E-state index in [-0.39, 0.29) is 11.4 Å². The third kappa shape index (κ3) is 7.16. The zero-order chi connectivity index (χ0) is 18.2. The molecular weight excluding hydrogens is 296 g/mol. The number of carbonyl (C=O) groups excluding carboxylic acids is 1. The molecule has 0 heterocycles. The van der Waals surface area contributed by atoms with Gasteiger partial charge in [0.2, 0.25) is 0 Å². The Hall–Kier alpha value is -1.83. The summed E-state index contributed by atoms with van der Waals surface area (Å²) in [6, 6.07) is 0. The minimum atomic E-state index is -0.251. The molecule has 24 heavy (non-hydrogen) atoms. The quantitative estimate of drug-likeness (QED) is 0.436. The summed E-state index contributed by atoms with van der Waals surface area (Å²) in [4.78, 5) is 10.7. The number of esters is 1. The summed E-state index contributed by atoms with van der Waals surface area (Å²) in [7, 11) is 0. The van der Waals surface area contributed by atoms with Crippen LogP contribution in [-0.2, 0) is 9.53 Å². The molecule has 0 radical (unpaired) electrons. The molecule has 0 fully saturated rings. The molecule has 1 aliphatic carbocycles. The Morgan fingerprint density at radius 2 is 1.88 bits per heavy atom. The van der Waals surface area contributed by atoms with Crippen LogP contribution in [0.4, 0.5) is 0 Å². The zero-order valence-electron chi connectivity index (χ0n) is 16.1. The lowest BCUT2D eigenvalue weighted by atomic mass is 9.72. The number of rotatable bonds is 6. The summed E-state index contributed by atoms with van der Waals surface area (Å²) >= 11 is 0. The first-order valence-electron chi connectivity index (χ1n) is 8.76. The van der Waals surface area contributed by atoms with E-state index in [1.807, 2.05) is 25.2 Å². The Morgan fingerprint density at radius 3 is 2.50 bits per heavy atom. The van der Waals surface area contributed by atoms with E-state index in [0.29, 0.717) is 6.61 Å². The monoisotopic (exact) mass is 328 g/mol. The van der Waals surface area contributed by atoms with Crippen LogP contribution in [0, 0.1) is 5.41 Å². The van der Waals surface area contributed by atoms with E-state index >= 15 is 0 Å². The molecule has 2 nitrogen and oxygen atoms in total. The number of allylic oxidation sites excluding steroid dienone is 9. The van der Waals surface area contributed by atoms with Crippen LogP contribution < -0.4 is 0 Å². The van der Waals surface area contributed by atoms with E-state index in [2.05, 4.69) is 45.9 Å². The van der Waals surface area contributed by atoms with Crippen molar-refractivity contribution in [2.45, 2.75) is 60.8 Å². The average molecular weight is 328 g/mol. The second-order valence-corrected chi connectivity index (χ2v) is 7.29. The van der Waals surface area contributed by atoms with Gasteiger partial charge in [-0.1, -0.05) is 60.9 Å². The molecule has 1 rings (SSSR count). The summed E-state index contributed by atoms with van der Waals surface area (Å²) in [5.74, 6) is -0.251. The van der Waals surface area contributed by atoms with Crippen molar-refractivity contribution >= 4 is 5.97 Å². The van der Waals surface area contributed by atoms with Crippen LogP contribution in [0.3, 0.4) is 0 Å². The lowest BCUT2D eigenvalue weighted by molar-refractivity contribution is -0.139. The van der Waals surface area contributed by atoms with Gasteiger partial charge in [0, 0.05) is 6.92 Å². The minimum absolute atomic E-state index is 0.251. The van der Waals surface area contributed by atoms with E-state index in [1.54, 1.807) is 0 Å². The van der Waals surface area contributed by atoms with Gasteiger partial charge < -0.3 is 4.74 Å². The SMILES string of the molecule is CC(=O)OC\C=C(C)/C=C\C=C(C)/C=C\C1=C(C)CCCC1(C)C. The predicted molar refractivity (Wildman–Crippen MR) is 103 cm³/mol. The van der Waals surface area contributed by atoms with Crippen molar-refractivity contribution in [2.75, 3.05) is 6.61 Å². The predicted octanol–water partition coefficient (Wildman–Crippen LogP) is 6.08. The summed E-state index contributed by atoms with van der Waals surface area (Å²) in [6.45, 7) is 12.8. The Morgan fingerprint density at radius 1 is 1.17 bits per heavy atom. The highest BCUT2D eigenvalue weighted by Gasteiger charge is 2.26. The third-order valence-corrected chi connectivity index (χ3v) is 4.47. The van der Waals surface area contributed by atoms with Crippen LogP contribution in [0.15, 0.2) is 58.7 Å². The van der Waals surface area contributed by atoms with Gasteiger partial charge in [0.25, 0.3) is 0 Å². The van der Waals surface area contributed by atoms with Crippen molar-refractivity contribution in [3.8, 4) is 0 Å². The molecule has 0 aromatic heterocycles. The van der Waals surface area contributed by atoms with Crippen molar-refractivity contribution in [3.05, 3.63) is 58.7 Å². The normalized spacial score (nSPS) is 19.4. The summed E-state index contributed by atoms with van der Waals surface area (Å²) < 4.78 is 4.89. The number of hydrogen-bond donors (Lipinski definition) is 0. The molecule has 0 atom stereocenters. The maximum atomic E-state index is 10.7. The molecule has 132 valence electrons. The lowest BCUT2D eigenvalue weighted by Gasteiger charge is -2.32. The Bertz CT molecular complexity index is 595. The summed E-state index contributed by atoms with van der Waals surface area (Å²) in [5, 5.41) is 0. The van der Waals surface area contributed by atoms with Crippen molar-refractivity contribution in [1.82, 2.24) is 0 Å². The second kappa shape index (κ2) is 9.46. The standard InChI is InChI=1S/C22H32O2/c1-17(9-7-10-18(2)14-16-24-20(4)23)12-13-21-19(3)11-8-15-22(21,5)6/h7,9-10,12-14H,8,11,15-16H2,1-6H3/b10-7-,13-12-,17-9-,18-14-. The first-order chi connectivity index (χ1) is 11.2.